The molecule has 0 saturated carbocycles. The molecule has 2 rings (SSSR count). The maximum Gasteiger partial charge on any atom is 0.328 e. The molecule has 6 nitrogen and oxygen atoms in total. The number of hydrogen-bond donors (Lipinski definition) is 0. The molecule has 0 aromatic heterocycles. The van der Waals surface area contributed by atoms with E-state index < -0.39 is 12.0 Å². The van der Waals surface area contributed by atoms with Gasteiger partial charge in [-0.25, -0.2) is 4.79 Å². The number of methoxy groups -OCH3 is 3. The SMILES string of the molecule is COC(=O)[C@H]1CCN1C(=O)c1cc(Br)c(OC)c(OC)c1. The van der Waals surface area contributed by atoms with Crippen LogP contribution >= 0.6 is 15.9 Å². The summed E-state index contributed by atoms with van der Waals surface area (Å²) < 4.78 is 15.7. The zero-order valence-corrected chi connectivity index (χ0v) is 13.6. The van der Waals surface area contributed by atoms with Crippen molar-refractivity contribution in [3.05, 3.63) is 22.2 Å². The summed E-state index contributed by atoms with van der Waals surface area (Å²) in [7, 11) is 4.34. The van der Waals surface area contributed by atoms with Gasteiger partial charge < -0.3 is 19.1 Å². The first-order valence-electron chi connectivity index (χ1n) is 6.33. The van der Waals surface area contributed by atoms with Crippen molar-refractivity contribution in [3.8, 4) is 11.5 Å². The molecule has 1 fully saturated rings. The van der Waals surface area contributed by atoms with Gasteiger partial charge in [0.2, 0.25) is 0 Å². The fourth-order valence-electron chi connectivity index (χ4n) is 2.22. The Morgan fingerprint density at radius 3 is 2.43 bits per heavy atom. The topological polar surface area (TPSA) is 65.1 Å². The van der Waals surface area contributed by atoms with Gasteiger partial charge in [-0.3, -0.25) is 4.79 Å². The van der Waals surface area contributed by atoms with Crippen LogP contribution in [0.5, 0.6) is 11.5 Å². The molecule has 1 atom stereocenters. The molecule has 0 spiro atoms. The molecule has 1 aliphatic heterocycles. The standard InChI is InChI=1S/C14H16BrNO5/c1-19-11-7-8(6-9(15)12(11)20-2)13(17)16-5-4-10(16)14(18)21-3/h6-7,10H,4-5H2,1-3H3/t10-/m1/s1. The largest absolute Gasteiger partial charge is 0.493 e. The molecule has 1 heterocycles. The van der Waals surface area contributed by atoms with Gasteiger partial charge in [-0.1, -0.05) is 0 Å². The predicted molar refractivity (Wildman–Crippen MR) is 78.7 cm³/mol. The van der Waals surface area contributed by atoms with Crippen molar-refractivity contribution < 1.29 is 23.8 Å². The van der Waals surface area contributed by atoms with Crippen LogP contribution in [0.2, 0.25) is 0 Å². The maximum atomic E-state index is 12.5. The third-order valence-corrected chi connectivity index (χ3v) is 4.02. The normalized spacial score (nSPS) is 17.0. The Bertz CT molecular complexity index is 575. The van der Waals surface area contributed by atoms with Gasteiger partial charge in [-0.2, -0.15) is 0 Å². The number of nitrogens with zero attached hydrogens (tertiary/aromatic N) is 1. The predicted octanol–water partition coefficient (Wildman–Crippen LogP) is 1.85. The summed E-state index contributed by atoms with van der Waals surface area (Å²) >= 11 is 3.35. The molecule has 0 radical (unpaired) electrons. The highest BCUT2D eigenvalue weighted by molar-refractivity contribution is 9.10. The van der Waals surface area contributed by atoms with Gasteiger partial charge in [0, 0.05) is 12.1 Å². The van der Waals surface area contributed by atoms with Crippen molar-refractivity contribution in [2.45, 2.75) is 12.5 Å². The molecule has 0 aliphatic carbocycles. The van der Waals surface area contributed by atoms with Crippen molar-refractivity contribution in [3.63, 3.8) is 0 Å². The van der Waals surface area contributed by atoms with Gasteiger partial charge in [0.15, 0.2) is 11.5 Å². The van der Waals surface area contributed by atoms with Crippen LogP contribution in [0.1, 0.15) is 16.8 Å². The van der Waals surface area contributed by atoms with Gasteiger partial charge in [0.05, 0.1) is 25.8 Å². The van der Waals surface area contributed by atoms with Gasteiger partial charge in [0.1, 0.15) is 6.04 Å². The zero-order chi connectivity index (χ0) is 15.6. The van der Waals surface area contributed by atoms with E-state index in [1.165, 1.54) is 26.2 Å². The van der Waals surface area contributed by atoms with Crippen LogP contribution in [-0.2, 0) is 9.53 Å². The first-order valence-corrected chi connectivity index (χ1v) is 7.13. The lowest BCUT2D eigenvalue weighted by Crippen LogP contribution is -2.55. The highest BCUT2D eigenvalue weighted by Gasteiger charge is 2.39. The lowest BCUT2D eigenvalue weighted by atomic mass is 10.0. The summed E-state index contributed by atoms with van der Waals surface area (Å²) in [6, 6.07) is 2.74. The number of likely N-dealkylation sites (tertiary alicyclic amines) is 1. The smallest absolute Gasteiger partial charge is 0.328 e. The van der Waals surface area contributed by atoms with Crippen molar-refractivity contribution in [2.75, 3.05) is 27.9 Å². The number of halogens is 1. The lowest BCUT2D eigenvalue weighted by molar-refractivity contribution is -0.149. The molecule has 7 heteroatoms. The van der Waals surface area contributed by atoms with Crippen LogP contribution in [0, 0.1) is 0 Å². The van der Waals surface area contributed by atoms with E-state index >= 15 is 0 Å². The number of amides is 1. The fraction of sp³-hybridized carbons (Fsp3) is 0.429. The van der Waals surface area contributed by atoms with Crippen LogP contribution in [0.15, 0.2) is 16.6 Å². The van der Waals surface area contributed by atoms with Crippen molar-refractivity contribution in [2.24, 2.45) is 0 Å². The maximum absolute atomic E-state index is 12.5. The minimum absolute atomic E-state index is 0.238. The first kappa shape index (κ1) is 15.6. The van der Waals surface area contributed by atoms with Gasteiger partial charge in [-0.15, -0.1) is 0 Å². The minimum Gasteiger partial charge on any atom is -0.493 e. The second-order valence-corrected chi connectivity index (χ2v) is 5.37. The Balaban J connectivity index is 2.28. The minimum atomic E-state index is -0.505. The third-order valence-electron chi connectivity index (χ3n) is 3.43. The Morgan fingerprint density at radius 1 is 1.24 bits per heavy atom. The van der Waals surface area contributed by atoms with E-state index in [2.05, 4.69) is 20.7 Å². The highest BCUT2D eigenvalue weighted by atomic mass is 79.9. The zero-order valence-electron chi connectivity index (χ0n) is 12.0. The van der Waals surface area contributed by atoms with E-state index in [0.717, 1.165) is 0 Å². The van der Waals surface area contributed by atoms with Gasteiger partial charge in [0.25, 0.3) is 5.91 Å². The third kappa shape index (κ3) is 2.83. The Hall–Kier alpha value is -1.76. The summed E-state index contributed by atoms with van der Waals surface area (Å²) in [6.45, 7) is 0.532. The molecule has 0 bridgehead atoms. The Morgan fingerprint density at radius 2 is 1.95 bits per heavy atom. The number of ether oxygens (including phenoxy) is 3. The Kier molecular flexibility index (Phi) is 4.72. The van der Waals surface area contributed by atoms with Gasteiger partial charge >= 0.3 is 5.97 Å². The molecule has 0 unspecified atom stereocenters. The van der Waals surface area contributed by atoms with E-state index in [9.17, 15) is 9.59 Å². The summed E-state index contributed by atoms with van der Waals surface area (Å²) in [4.78, 5) is 25.5. The van der Waals surface area contributed by atoms with E-state index in [0.29, 0.717) is 34.5 Å². The molecule has 0 N–H and O–H groups in total. The summed E-state index contributed by atoms with van der Waals surface area (Å²) in [5.41, 5.74) is 0.424. The molecular formula is C14H16BrNO5. The van der Waals surface area contributed by atoms with Gasteiger partial charge in [-0.05, 0) is 34.5 Å². The monoisotopic (exact) mass is 357 g/mol. The average molecular weight is 358 g/mol. The average Bonchev–Trinajstić information content (AvgIpc) is 2.44. The van der Waals surface area contributed by atoms with Crippen LogP contribution < -0.4 is 9.47 Å². The van der Waals surface area contributed by atoms with Crippen molar-refractivity contribution in [1.82, 2.24) is 4.90 Å². The summed E-state index contributed by atoms with van der Waals surface area (Å²) in [5.74, 6) is 0.333. The highest BCUT2D eigenvalue weighted by Crippen LogP contribution is 2.37. The van der Waals surface area contributed by atoms with E-state index in [1.807, 2.05) is 0 Å². The second-order valence-electron chi connectivity index (χ2n) is 4.52. The summed E-state index contributed by atoms with van der Waals surface area (Å²) in [5, 5.41) is 0. The fourth-order valence-corrected chi connectivity index (χ4v) is 2.82. The van der Waals surface area contributed by atoms with Crippen molar-refractivity contribution >= 4 is 27.8 Å². The van der Waals surface area contributed by atoms with E-state index in [1.54, 1.807) is 12.1 Å². The quantitative estimate of drug-likeness (QED) is 0.769. The molecular weight excluding hydrogens is 342 g/mol. The molecule has 1 amide bonds. The molecule has 1 aromatic rings. The molecule has 114 valence electrons. The second kappa shape index (κ2) is 6.34. The van der Waals surface area contributed by atoms with Crippen molar-refractivity contribution in [1.29, 1.82) is 0 Å². The Labute approximate surface area is 131 Å². The number of rotatable bonds is 4. The number of hydrogen-bond acceptors (Lipinski definition) is 5. The lowest BCUT2D eigenvalue weighted by Gasteiger charge is -2.38. The molecule has 1 aromatic carbocycles. The van der Waals surface area contributed by atoms with Crippen LogP contribution in [0.4, 0.5) is 0 Å². The van der Waals surface area contributed by atoms with E-state index in [-0.39, 0.29) is 5.91 Å². The number of carbonyl (C=O) groups excluding carboxylic acids is 2. The number of esters is 1. The van der Waals surface area contributed by atoms with Crippen LogP contribution in [0.3, 0.4) is 0 Å². The molecule has 1 aliphatic rings. The number of benzene rings is 1. The number of carbonyl (C=O) groups is 2. The summed E-state index contributed by atoms with van der Waals surface area (Å²) in [6.07, 6.45) is 0.618. The first-order chi connectivity index (χ1) is 10.0. The van der Waals surface area contributed by atoms with Crippen LogP contribution in [-0.4, -0.2) is 50.7 Å². The van der Waals surface area contributed by atoms with E-state index in [4.69, 9.17) is 9.47 Å². The molecule has 1 saturated heterocycles. The molecule has 21 heavy (non-hydrogen) atoms. The van der Waals surface area contributed by atoms with Crippen LogP contribution in [0.25, 0.3) is 0 Å².